The van der Waals surface area contributed by atoms with Crippen LogP contribution < -0.4 is 4.74 Å². The zero-order valence-corrected chi connectivity index (χ0v) is 12.4. The van der Waals surface area contributed by atoms with E-state index in [2.05, 4.69) is 23.8 Å². The second-order valence-electron chi connectivity index (χ2n) is 5.71. The molecule has 1 saturated heterocycles. The molecule has 0 N–H and O–H groups in total. The second-order valence-corrected chi connectivity index (χ2v) is 5.71. The van der Waals surface area contributed by atoms with Gasteiger partial charge in [-0.25, -0.2) is 0 Å². The molecule has 1 aromatic carbocycles. The molecule has 1 aliphatic rings. The molecule has 0 bridgehead atoms. The average Bonchev–Trinajstić information content (AvgIpc) is 2.48. The minimum atomic E-state index is 0.485. The van der Waals surface area contributed by atoms with Crippen molar-refractivity contribution in [3.05, 3.63) is 29.8 Å². The molecule has 0 saturated carbocycles. The van der Waals surface area contributed by atoms with Crippen LogP contribution in [0.3, 0.4) is 0 Å². The lowest BCUT2D eigenvalue weighted by atomic mass is 10.1. The van der Waals surface area contributed by atoms with E-state index in [-0.39, 0.29) is 0 Å². The van der Waals surface area contributed by atoms with Crippen molar-refractivity contribution in [2.24, 2.45) is 5.92 Å². The van der Waals surface area contributed by atoms with Crippen molar-refractivity contribution in [1.82, 2.24) is 9.80 Å². The fourth-order valence-corrected chi connectivity index (χ4v) is 2.44. The fraction of sp³-hybridized carbons (Fsp3) is 0.562. The number of hydrogen-bond acceptors (Lipinski definition) is 4. The number of aldehydes is 1. The van der Waals surface area contributed by atoms with Gasteiger partial charge in [0.2, 0.25) is 0 Å². The van der Waals surface area contributed by atoms with Gasteiger partial charge in [-0.2, -0.15) is 0 Å². The highest BCUT2D eigenvalue weighted by atomic mass is 16.5. The Bertz CT molecular complexity index is 428. The SMILES string of the molecule is CC(COc1cccc(C=O)c1)CN1CCN(C)CC1. The first-order valence-electron chi connectivity index (χ1n) is 7.26. The van der Waals surface area contributed by atoms with Gasteiger partial charge in [0.15, 0.2) is 0 Å². The summed E-state index contributed by atoms with van der Waals surface area (Å²) in [5, 5.41) is 0. The van der Waals surface area contributed by atoms with Gasteiger partial charge in [0.1, 0.15) is 12.0 Å². The molecule has 2 rings (SSSR count). The van der Waals surface area contributed by atoms with Crippen LogP contribution in [0.5, 0.6) is 5.75 Å². The molecule has 4 nitrogen and oxygen atoms in total. The Morgan fingerprint density at radius 3 is 2.75 bits per heavy atom. The van der Waals surface area contributed by atoms with Crippen LogP contribution in [0.2, 0.25) is 0 Å². The number of ether oxygens (including phenoxy) is 1. The van der Waals surface area contributed by atoms with Gasteiger partial charge in [0.05, 0.1) is 6.61 Å². The molecule has 0 amide bonds. The van der Waals surface area contributed by atoms with E-state index >= 15 is 0 Å². The summed E-state index contributed by atoms with van der Waals surface area (Å²) >= 11 is 0. The highest BCUT2D eigenvalue weighted by molar-refractivity contribution is 5.75. The molecule has 0 radical (unpaired) electrons. The van der Waals surface area contributed by atoms with Gasteiger partial charge in [-0.1, -0.05) is 19.1 Å². The lowest BCUT2D eigenvalue weighted by Crippen LogP contribution is -2.46. The van der Waals surface area contributed by atoms with Gasteiger partial charge in [0.25, 0.3) is 0 Å². The molecule has 0 aliphatic carbocycles. The topological polar surface area (TPSA) is 32.8 Å². The average molecular weight is 276 g/mol. The number of carbonyl (C=O) groups excluding carboxylic acids is 1. The number of likely N-dealkylation sites (N-methyl/N-ethyl adjacent to an activating group) is 1. The molecule has 4 heteroatoms. The number of benzene rings is 1. The Hall–Kier alpha value is -1.39. The highest BCUT2D eigenvalue weighted by Gasteiger charge is 2.16. The summed E-state index contributed by atoms with van der Waals surface area (Å²) in [5.74, 6) is 1.26. The van der Waals surface area contributed by atoms with Crippen molar-refractivity contribution in [3.8, 4) is 5.75 Å². The third-order valence-electron chi connectivity index (χ3n) is 3.69. The summed E-state index contributed by atoms with van der Waals surface area (Å²) in [7, 11) is 2.17. The predicted molar refractivity (Wildman–Crippen MR) is 80.4 cm³/mol. The summed E-state index contributed by atoms with van der Waals surface area (Å²) < 4.78 is 5.78. The van der Waals surface area contributed by atoms with Crippen LogP contribution in [0.4, 0.5) is 0 Å². The second kappa shape index (κ2) is 7.41. The molecule has 110 valence electrons. The molecule has 1 aromatic rings. The van der Waals surface area contributed by atoms with Gasteiger partial charge < -0.3 is 14.5 Å². The van der Waals surface area contributed by atoms with E-state index in [1.165, 1.54) is 0 Å². The van der Waals surface area contributed by atoms with Gasteiger partial charge in [-0.15, -0.1) is 0 Å². The number of hydrogen-bond donors (Lipinski definition) is 0. The standard InChI is InChI=1S/C16H24N2O2/c1-14(11-18-8-6-17(2)7-9-18)13-20-16-5-3-4-15(10-16)12-19/h3-5,10,12,14H,6-9,11,13H2,1-2H3. The van der Waals surface area contributed by atoms with Crippen LogP contribution in [0.15, 0.2) is 24.3 Å². The van der Waals surface area contributed by atoms with Crippen molar-refractivity contribution in [1.29, 1.82) is 0 Å². The van der Waals surface area contributed by atoms with E-state index in [9.17, 15) is 4.79 Å². The fourth-order valence-electron chi connectivity index (χ4n) is 2.44. The Balaban J connectivity index is 1.74. The zero-order chi connectivity index (χ0) is 14.4. The third-order valence-corrected chi connectivity index (χ3v) is 3.69. The number of carbonyl (C=O) groups is 1. The first-order valence-corrected chi connectivity index (χ1v) is 7.26. The molecule has 20 heavy (non-hydrogen) atoms. The van der Waals surface area contributed by atoms with Crippen molar-refractivity contribution in [2.45, 2.75) is 6.92 Å². The summed E-state index contributed by atoms with van der Waals surface area (Å²) in [6.07, 6.45) is 0.848. The van der Waals surface area contributed by atoms with Gasteiger partial charge in [-0.05, 0) is 19.2 Å². The Labute approximate surface area is 121 Å². The van der Waals surface area contributed by atoms with E-state index in [0.29, 0.717) is 18.1 Å². The van der Waals surface area contributed by atoms with Gasteiger partial charge >= 0.3 is 0 Å². The summed E-state index contributed by atoms with van der Waals surface area (Å²) in [6, 6.07) is 7.32. The quantitative estimate of drug-likeness (QED) is 0.741. The summed E-state index contributed by atoms with van der Waals surface area (Å²) in [4.78, 5) is 15.6. The minimum absolute atomic E-state index is 0.485. The third kappa shape index (κ3) is 4.62. The highest BCUT2D eigenvalue weighted by Crippen LogP contribution is 2.14. The normalized spacial score (nSPS) is 18.7. The van der Waals surface area contributed by atoms with Crippen LogP contribution in [0.25, 0.3) is 0 Å². The van der Waals surface area contributed by atoms with Gasteiger partial charge in [0, 0.05) is 44.2 Å². The van der Waals surface area contributed by atoms with Gasteiger partial charge in [-0.3, -0.25) is 4.79 Å². The van der Waals surface area contributed by atoms with E-state index < -0.39 is 0 Å². The smallest absolute Gasteiger partial charge is 0.150 e. The van der Waals surface area contributed by atoms with E-state index in [4.69, 9.17) is 4.74 Å². The Kier molecular flexibility index (Phi) is 5.56. The zero-order valence-electron chi connectivity index (χ0n) is 12.4. The van der Waals surface area contributed by atoms with Crippen LogP contribution in [-0.2, 0) is 0 Å². The summed E-state index contributed by atoms with van der Waals surface area (Å²) in [6.45, 7) is 8.55. The van der Waals surface area contributed by atoms with Crippen molar-refractivity contribution >= 4 is 6.29 Å². The van der Waals surface area contributed by atoms with Crippen molar-refractivity contribution < 1.29 is 9.53 Å². The molecular weight excluding hydrogens is 252 g/mol. The molecule has 1 atom stereocenters. The van der Waals surface area contributed by atoms with Crippen LogP contribution >= 0.6 is 0 Å². The van der Waals surface area contributed by atoms with E-state index in [1.54, 1.807) is 12.1 Å². The Morgan fingerprint density at radius 2 is 2.05 bits per heavy atom. The summed E-state index contributed by atoms with van der Waals surface area (Å²) in [5.41, 5.74) is 0.661. The van der Waals surface area contributed by atoms with Crippen LogP contribution in [0.1, 0.15) is 17.3 Å². The van der Waals surface area contributed by atoms with Crippen LogP contribution in [0, 0.1) is 5.92 Å². The molecule has 1 heterocycles. The molecule has 1 fully saturated rings. The number of rotatable bonds is 6. The number of nitrogens with zero attached hydrogens (tertiary/aromatic N) is 2. The number of piperazine rings is 1. The Morgan fingerprint density at radius 1 is 1.30 bits per heavy atom. The van der Waals surface area contributed by atoms with E-state index in [0.717, 1.165) is 44.8 Å². The first-order chi connectivity index (χ1) is 9.67. The van der Waals surface area contributed by atoms with Crippen molar-refractivity contribution in [2.75, 3.05) is 46.4 Å². The largest absolute Gasteiger partial charge is 0.493 e. The maximum Gasteiger partial charge on any atom is 0.150 e. The van der Waals surface area contributed by atoms with Crippen molar-refractivity contribution in [3.63, 3.8) is 0 Å². The molecule has 0 aromatic heterocycles. The molecular formula is C16H24N2O2. The van der Waals surface area contributed by atoms with Crippen LogP contribution in [-0.4, -0.2) is 62.5 Å². The minimum Gasteiger partial charge on any atom is -0.493 e. The maximum absolute atomic E-state index is 10.7. The lowest BCUT2D eigenvalue weighted by molar-refractivity contribution is 0.112. The lowest BCUT2D eigenvalue weighted by Gasteiger charge is -2.33. The maximum atomic E-state index is 10.7. The monoisotopic (exact) mass is 276 g/mol. The molecule has 1 unspecified atom stereocenters. The molecule has 0 spiro atoms. The first kappa shape index (κ1) is 15.0. The van der Waals surface area contributed by atoms with E-state index in [1.807, 2.05) is 12.1 Å². The predicted octanol–water partition coefficient (Wildman–Crippen LogP) is 1.76. The molecule has 1 aliphatic heterocycles.